The number of ether oxygens (including phenoxy) is 3. The van der Waals surface area contributed by atoms with Gasteiger partial charge in [-0.1, -0.05) is 0 Å². The highest BCUT2D eigenvalue weighted by atomic mass is 32.2. The molecule has 52 heavy (non-hydrogen) atoms. The fraction of sp³-hybridized carbons (Fsp3) is 0.444. The van der Waals surface area contributed by atoms with Crippen molar-refractivity contribution in [2.75, 3.05) is 70.5 Å². The highest BCUT2D eigenvalue weighted by Gasteiger charge is 2.59. The quantitative estimate of drug-likeness (QED) is 0.345. The van der Waals surface area contributed by atoms with Gasteiger partial charge in [0.25, 0.3) is 15.9 Å². The largest absolute Gasteiger partial charge is 0.497 e. The molecule has 0 radical (unpaired) electrons. The van der Waals surface area contributed by atoms with Crippen molar-refractivity contribution in [2.45, 2.75) is 42.3 Å². The molecule has 7 rings (SSSR count). The molecule has 5 heterocycles. The van der Waals surface area contributed by atoms with Crippen molar-refractivity contribution in [3.8, 4) is 17.7 Å². The van der Waals surface area contributed by atoms with Gasteiger partial charge in [0.15, 0.2) is 5.54 Å². The molecule has 1 N–H and O–H groups in total. The molecular weight excluding hydrogens is 694 g/mol. The number of rotatable bonds is 9. The van der Waals surface area contributed by atoms with Gasteiger partial charge in [0.05, 0.1) is 49.8 Å². The van der Waals surface area contributed by atoms with Gasteiger partial charge in [-0.2, -0.15) is 9.57 Å². The summed E-state index contributed by atoms with van der Waals surface area (Å²) in [7, 11) is -3.63. The van der Waals surface area contributed by atoms with Crippen LogP contribution in [-0.4, -0.2) is 118 Å². The molecule has 0 saturated carbocycles. The van der Waals surface area contributed by atoms with E-state index in [1.165, 1.54) is 49.7 Å². The number of nitrogens with one attached hydrogen (secondary N) is 1. The lowest BCUT2D eigenvalue weighted by Crippen LogP contribution is -2.67. The minimum atomic E-state index is -4.94. The maximum absolute atomic E-state index is 15.4. The van der Waals surface area contributed by atoms with Crippen molar-refractivity contribution in [3.05, 3.63) is 77.2 Å². The Morgan fingerprint density at radius 1 is 1.06 bits per heavy atom. The Labute approximate surface area is 301 Å². The summed E-state index contributed by atoms with van der Waals surface area (Å²) >= 11 is 0. The van der Waals surface area contributed by atoms with E-state index < -0.39 is 38.2 Å². The molecule has 4 aliphatic rings. The van der Waals surface area contributed by atoms with Gasteiger partial charge in [0, 0.05) is 69.2 Å². The molecule has 3 saturated heterocycles. The molecule has 274 valence electrons. The van der Waals surface area contributed by atoms with Crippen LogP contribution in [0.4, 0.5) is 14.9 Å². The highest BCUT2D eigenvalue weighted by Crippen LogP contribution is 2.49. The SMILES string of the molecule is CCOc1ncccc1C1(NC(=O)N2CC(N3CCC(N4CCOCC4)CC3)C2)C(=O)N(S(=O)(=O)c2ccc(OC)cc2F)c2ccc(C#N)cc21. The number of sulfonamides is 1. The maximum atomic E-state index is 15.4. The van der Waals surface area contributed by atoms with Crippen LogP contribution < -0.4 is 19.1 Å². The average Bonchev–Trinajstić information content (AvgIpc) is 3.39. The van der Waals surface area contributed by atoms with Crippen molar-refractivity contribution in [2.24, 2.45) is 0 Å². The number of anilines is 1. The van der Waals surface area contributed by atoms with E-state index in [2.05, 4.69) is 20.1 Å². The number of likely N-dealkylation sites (tertiary alicyclic amines) is 2. The van der Waals surface area contributed by atoms with Crippen molar-refractivity contribution in [1.29, 1.82) is 5.26 Å². The van der Waals surface area contributed by atoms with Crippen LogP contribution in [0.5, 0.6) is 11.6 Å². The number of nitriles is 1. The number of halogens is 1. The Kier molecular flexibility index (Phi) is 9.79. The number of amides is 3. The fourth-order valence-corrected chi connectivity index (χ4v) is 9.16. The first kappa shape index (κ1) is 35.6. The van der Waals surface area contributed by atoms with E-state index in [0.29, 0.717) is 23.4 Å². The Morgan fingerprint density at radius 2 is 1.79 bits per heavy atom. The first-order valence-electron chi connectivity index (χ1n) is 17.3. The molecule has 4 aliphatic heterocycles. The van der Waals surface area contributed by atoms with Crippen LogP contribution in [0.25, 0.3) is 0 Å². The van der Waals surface area contributed by atoms with Crippen molar-refractivity contribution in [1.82, 2.24) is 25.0 Å². The Bertz CT molecular complexity index is 2010. The fourth-order valence-electron chi connectivity index (χ4n) is 7.64. The second-order valence-corrected chi connectivity index (χ2v) is 14.9. The predicted octanol–water partition coefficient (Wildman–Crippen LogP) is 2.67. The number of hydrogen-bond donors (Lipinski definition) is 1. The maximum Gasteiger partial charge on any atom is 0.318 e. The highest BCUT2D eigenvalue weighted by molar-refractivity contribution is 7.93. The number of morpholine rings is 1. The van der Waals surface area contributed by atoms with Gasteiger partial charge in [-0.25, -0.2) is 22.6 Å². The van der Waals surface area contributed by atoms with Gasteiger partial charge in [0.1, 0.15) is 16.5 Å². The third kappa shape index (κ3) is 6.11. The van der Waals surface area contributed by atoms with Gasteiger partial charge in [-0.3, -0.25) is 14.6 Å². The molecule has 3 aromatic rings. The van der Waals surface area contributed by atoms with Gasteiger partial charge in [-0.05, 0) is 62.2 Å². The summed E-state index contributed by atoms with van der Waals surface area (Å²) in [4.78, 5) is 39.2. The van der Waals surface area contributed by atoms with Crippen LogP contribution in [0, 0.1) is 17.1 Å². The molecule has 0 aliphatic carbocycles. The molecule has 3 amide bonds. The standard InChI is InChI=1S/C36H40FN7O7S/c1-3-51-33-28(5-4-12-39-33)36(40-35(46)43-22-26(23-43)41-13-10-25(11-14-41)42-15-17-50-18-16-42)29-19-24(21-38)6-8-31(29)44(34(36)45)52(47,48)32-9-7-27(49-2)20-30(32)37/h4-9,12,19-20,25-26H,3,10-11,13-18,22-23H2,1-2H3,(H,40,46). The number of benzene rings is 2. The van der Waals surface area contributed by atoms with Gasteiger partial charge < -0.3 is 24.4 Å². The summed E-state index contributed by atoms with van der Waals surface area (Å²) in [6, 6.07) is 12.3. The van der Waals surface area contributed by atoms with Crippen LogP contribution >= 0.6 is 0 Å². The molecule has 0 bridgehead atoms. The number of aromatic nitrogens is 1. The third-order valence-electron chi connectivity index (χ3n) is 10.4. The zero-order valence-corrected chi connectivity index (χ0v) is 29.8. The van der Waals surface area contributed by atoms with Gasteiger partial charge in [-0.15, -0.1) is 0 Å². The number of piperidine rings is 1. The summed E-state index contributed by atoms with van der Waals surface area (Å²) in [5.74, 6) is -2.19. The monoisotopic (exact) mass is 733 g/mol. The number of carbonyl (C=O) groups excluding carboxylic acids is 2. The molecule has 3 fully saturated rings. The zero-order chi connectivity index (χ0) is 36.6. The van der Waals surface area contributed by atoms with Gasteiger partial charge >= 0.3 is 6.03 Å². The number of hydrogen-bond acceptors (Lipinski definition) is 11. The Hall–Kier alpha value is -4.82. The van der Waals surface area contributed by atoms with Crippen molar-refractivity contribution < 1.29 is 36.6 Å². The van der Waals surface area contributed by atoms with E-state index in [9.17, 15) is 18.5 Å². The van der Waals surface area contributed by atoms with Crippen LogP contribution in [-0.2, 0) is 25.1 Å². The first-order valence-corrected chi connectivity index (χ1v) is 18.8. The summed E-state index contributed by atoms with van der Waals surface area (Å²) in [5.41, 5.74) is -2.22. The molecule has 1 atom stereocenters. The zero-order valence-electron chi connectivity index (χ0n) is 29.0. The van der Waals surface area contributed by atoms with E-state index in [1.54, 1.807) is 11.8 Å². The summed E-state index contributed by atoms with van der Waals surface area (Å²) in [5, 5.41) is 12.8. The van der Waals surface area contributed by atoms with E-state index in [-0.39, 0.29) is 46.7 Å². The predicted molar refractivity (Wildman–Crippen MR) is 186 cm³/mol. The number of urea groups is 1. The average molecular weight is 734 g/mol. The summed E-state index contributed by atoms with van der Waals surface area (Å²) < 4.78 is 60.9. The van der Waals surface area contributed by atoms with E-state index in [0.717, 1.165) is 64.4 Å². The Morgan fingerprint density at radius 3 is 2.46 bits per heavy atom. The van der Waals surface area contributed by atoms with Crippen LogP contribution in [0.1, 0.15) is 36.5 Å². The molecule has 16 heteroatoms. The Balaban J connectivity index is 1.22. The topological polar surface area (TPSA) is 158 Å². The lowest BCUT2D eigenvalue weighted by atomic mass is 9.83. The van der Waals surface area contributed by atoms with Crippen molar-refractivity contribution >= 4 is 27.6 Å². The minimum absolute atomic E-state index is 0.00129. The van der Waals surface area contributed by atoms with E-state index >= 15 is 9.18 Å². The molecule has 1 unspecified atom stereocenters. The number of carbonyl (C=O) groups is 2. The number of methoxy groups -OCH3 is 1. The molecule has 2 aromatic carbocycles. The van der Waals surface area contributed by atoms with Crippen LogP contribution in [0.3, 0.4) is 0 Å². The number of nitrogens with zero attached hydrogens (tertiary/aromatic N) is 6. The smallest absolute Gasteiger partial charge is 0.318 e. The van der Waals surface area contributed by atoms with E-state index in [1.807, 2.05) is 6.07 Å². The number of pyridine rings is 1. The van der Waals surface area contributed by atoms with Gasteiger partial charge in [0.2, 0.25) is 5.88 Å². The molecule has 1 aromatic heterocycles. The molecular formula is C36H40FN7O7S. The summed E-state index contributed by atoms with van der Waals surface area (Å²) in [6.45, 7) is 7.85. The molecule has 0 spiro atoms. The second kappa shape index (κ2) is 14.3. The van der Waals surface area contributed by atoms with E-state index in [4.69, 9.17) is 14.2 Å². The van der Waals surface area contributed by atoms with Crippen LogP contribution in [0.15, 0.2) is 59.6 Å². The second-order valence-electron chi connectivity index (χ2n) is 13.2. The van der Waals surface area contributed by atoms with Crippen LogP contribution in [0.2, 0.25) is 0 Å². The minimum Gasteiger partial charge on any atom is -0.497 e. The lowest BCUT2D eigenvalue weighted by molar-refractivity contribution is -0.121. The lowest BCUT2D eigenvalue weighted by Gasteiger charge is -2.49. The number of fused-ring (bicyclic) bond motifs is 1. The molecule has 14 nitrogen and oxygen atoms in total. The van der Waals surface area contributed by atoms with Crippen molar-refractivity contribution in [3.63, 3.8) is 0 Å². The summed E-state index contributed by atoms with van der Waals surface area (Å²) in [6.07, 6.45) is 3.50. The third-order valence-corrected chi connectivity index (χ3v) is 12.1. The first-order chi connectivity index (χ1) is 25.1. The normalized spacial score (nSPS) is 21.7.